The highest BCUT2D eigenvalue weighted by Crippen LogP contribution is 2.19. The first-order valence-corrected chi connectivity index (χ1v) is 7.79. The highest BCUT2D eigenvalue weighted by atomic mass is 16.5. The number of methoxy groups -OCH3 is 1. The van der Waals surface area contributed by atoms with Gasteiger partial charge >= 0.3 is 0 Å². The summed E-state index contributed by atoms with van der Waals surface area (Å²) < 4.78 is 10.2. The Morgan fingerprint density at radius 3 is 2.60 bits per heavy atom. The van der Waals surface area contributed by atoms with Crippen molar-refractivity contribution in [2.45, 2.75) is 6.10 Å². The average Bonchev–Trinajstić information content (AvgIpc) is 3.17. The summed E-state index contributed by atoms with van der Waals surface area (Å²) in [6, 6.07) is 18.0. The van der Waals surface area contributed by atoms with E-state index < -0.39 is 12.0 Å². The summed E-state index contributed by atoms with van der Waals surface area (Å²) >= 11 is 0. The van der Waals surface area contributed by atoms with Crippen LogP contribution in [0.25, 0.3) is 11.3 Å². The van der Waals surface area contributed by atoms with Gasteiger partial charge < -0.3 is 19.7 Å². The fraction of sp³-hybridized carbons (Fsp3) is 0.158. The van der Waals surface area contributed by atoms with Crippen molar-refractivity contribution in [3.8, 4) is 17.0 Å². The van der Waals surface area contributed by atoms with Crippen molar-refractivity contribution in [3.63, 3.8) is 0 Å². The zero-order valence-electron chi connectivity index (χ0n) is 13.7. The number of aliphatic hydroxyl groups excluding tert-OH is 1. The van der Waals surface area contributed by atoms with Crippen LogP contribution in [0.4, 0.5) is 0 Å². The largest absolute Gasteiger partial charge is 0.497 e. The summed E-state index contributed by atoms with van der Waals surface area (Å²) in [5.41, 5.74) is 2.13. The minimum absolute atomic E-state index is 0.0620. The summed E-state index contributed by atoms with van der Waals surface area (Å²) in [6.07, 6.45) is -0.827. The molecule has 128 valence electrons. The van der Waals surface area contributed by atoms with Crippen molar-refractivity contribution in [2.75, 3.05) is 13.7 Å². The summed E-state index contributed by atoms with van der Waals surface area (Å²) in [5, 5.41) is 16.7. The fourth-order valence-electron chi connectivity index (χ4n) is 2.35. The summed E-state index contributed by atoms with van der Waals surface area (Å²) in [5.74, 6) is 0.373. The van der Waals surface area contributed by atoms with Crippen LogP contribution in [0.1, 0.15) is 22.2 Å². The summed E-state index contributed by atoms with van der Waals surface area (Å²) in [7, 11) is 1.58. The second kappa shape index (κ2) is 7.63. The monoisotopic (exact) mass is 338 g/mol. The number of aromatic nitrogens is 1. The molecule has 0 bridgehead atoms. The van der Waals surface area contributed by atoms with E-state index in [1.54, 1.807) is 37.4 Å². The summed E-state index contributed by atoms with van der Waals surface area (Å²) in [6.45, 7) is 0.0620. The minimum atomic E-state index is -0.827. The first kappa shape index (κ1) is 16.7. The van der Waals surface area contributed by atoms with Gasteiger partial charge in [-0.3, -0.25) is 4.79 Å². The number of hydrogen-bond acceptors (Lipinski definition) is 5. The molecule has 25 heavy (non-hydrogen) atoms. The van der Waals surface area contributed by atoms with Crippen LogP contribution in [0.5, 0.6) is 5.75 Å². The molecular formula is C19H18N2O4. The van der Waals surface area contributed by atoms with E-state index in [4.69, 9.17) is 9.26 Å². The lowest BCUT2D eigenvalue weighted by Crippen LogP contribution is -2.28. The third-order valence-electron chi connectivity index (χ3n) is 3.76. The Morgan fingerprint density at radius 1 is 1.20 bits per heavy atom. The molecule has 0 saturated heterocycles. The first-order valence-electron chi connectivity index (χ1n) is 7.79. The molecule has 3 rings (SSSR count). The molecule has 1 unspecified atom stereocenters. The lowest BCUT2D eigenvalue weighted by Gasteiger charge is -2.12. The van der Waals surface area contributed by atoms with Gasteiger partial charge in [0.2, 0.25) is 5.76 Å². The van der Waals surface area contributed by atoms with Gasteiger partial charge in [0.15, 0.2) is 0 Å². The van der Waals surface area contributed by atoms with E-state index in [2.05, 4.69) is 10.5 Å². The van der Waals surface area contributed by atoms with Gasteiger partial charge in [0.25, 0.3) is 5.91 Å². The minimum Gasteiger partial charge on any atom is -0.497 e. The zero-order chi connectivity index (χ0) is 17.6. The fourth-order valence-corrected chi connectivity index (χ4v) is 2.35. The second-order valence-electron chi connectivity index (χ2n) is 5.44. The molecule has 6 heteroatoms. The van der Waals surface area contributed by atoms with Gasteiger partial charge in [0.05, 0.1) is 13.2 Å². The highest BCUT2D eigenvalue weighted by molar-refractivity contribution is 5.92. The molecule has 0 saturated carbocycles. The molecule has 6 nitrogen and oxygen atoms in total. The third-order valence-corrected chi connectivity index (χ3v) is 3.76. The van der Waals surface area contributed by atoms with Crippen LogP contribution in [-0.4, -0.2) is 29.8 Å². The molecule has 0 radical (unpaired) electrons. The molecule has 0 fully saturated rings. The van der Waals surface area contributed by atoms with E-state index in [0.717, 1.165) is 5.56 Å². The Balaban J connectivity index is 1.59. The van der Waals surface area contributed by atoms with Crippen molar-refractivity contribution in [1.29, 1.82) is 0 Å². The van der Waals surface area contributed by atoms with Crippen molar-refractivity contribution in [2.24, 2.45) is 0 Å². The van der Waals surface area contributed by atoms with Crippen LogP contribution in [-0.2, 0) is 0 Å². The molecule has 1 amide bonds. The van der Waals surface area contributed by atoms with Gasteiger partial charge in [-0.2, -0.15) is 0 Å². The number of amides is 1. The molecule has 2 aromatic carbocycles. The smallest absolute Gasteiger partial charge is 0.290 e. The van der Waals surface area contributed by atoms with Gasteiger partial charge in [-0.05, 0) is 17.7 Å². The molecule has 0 aliphatic rings. The highest BCUT2D eigenvalue weighted by Gasteiger charge is 2.16. The Bertz CT molecular complexity index is 828. The molecule has 2 N–H and O–H groups in total. The van der Waals surface area contributed by atoms with Crippen molar-refractivity contribution in [3.05, 3.63) is 72.0 Å². The quantitative estimate of drug-likeness (QED) is 0.722. The summed E-state index contributed by atoms with van der Waals surface area (Å²) in [4.78, 5) is 12.1. The third kappa shape index (κ3) is 4.05. The molecular weight excluding hydrogens is 320 g/mol. The average molecular weight is 338 g/mol. The van der Waals surface area contributed by atoms with Crippen LogP contribution in [0, 0.1) is 0 Å². The number of nitrogens with zero attached hydrogens (tertiary/aromatic N) is 1. The Labute approximate surface area is 145 Å². The van der Waals surface area contributed by atoms with Gasteiger partial charge in [0.1, 0.15) is 11.4 Å². The number of carbonyl (C=O) groups is 1. The van der Waals surface area contributed by atoms with Crippen LogP contribution < -0.4 is 10.1 Å². The number of rotatable bonds is 6. The van der Waals surface area contributed by atoms with Crippen LogP contribution in [0.15, 0.2) is 65.2 Å². The molecule has 1 heterocycles. The Hall–Kier alpha value is -3.12. The van der Waals surface area contributed by atoms with E-state index in [9.17, 15) is 9.90 Å². The van der Waals surface area contributed by atoms with Crippen LogP contribution >= 0.6 is 0 Å². The number of hydrogen-bond donors (Lipinski definition) is 2. The van der Waals surface area contributed by atoms with E-state index in [1.165, 1.54) is 0 Å². The maximum absolute atomic E-state index is 12.1. The number of benzene rings is 2. The van der Waals surface area contributed by atoms with Crippen molar-refractivity contribution < 1.29 is 19.2 Å². The SMILES string of the molecule is COc1ccc(C(O)CNC(=O)c2cc(-c3ccccc3)no2)cc1. The van der Waals surface area contributed by atoms with Crippen LogP contribution in [0.2, 0.25) is 0 Å². The van der Waals surface area contributed by atoms with Gasteiger partial charge in [0, 0.05) is 18.2 Å². The Kier molecular flexibility index (Phi) is 5.11. The zero-order valence-corrected chi connectivity index (χ0v) is 13.7. The molecule has 0 aliphatic carbocycles. The van der Waals surface area contributed by atoms with Crippen molar-refractivity contribution >= 4 is 5.91 Å². The van der Waals surface area contributed by atoms with E-state index >= 15 is 0 Å². The maximum Gasteiger partial charge on any atom is 0.290 e. The lowest BCUT2D eigenvalue weighted by atomic mass is 10.1. The maximum atomic E-state index is 12.1. The number of ether oxygens (including phenoxy) is 1. The molecule has 0 spiro atoms. The van der Waals surface area contributed by atoms with E-state index in [-0.39, 0.29) is 12.3 Å². The topological polar surface area (TPSA) is 84.6 Å². The first-order chi connectivity index (χ1) is 12.2. The van der Waals surface area contributed by atoms with Crippen molar-refractivity contribution in [1.82, 2.24) is 10.5 Å². The van der Waals surface area contributed by atoms with Gasteiger partial charge in [-0.1, -0.05) is 47.6 Å². The second-order valence-corrected chi connectivity index (χ2v) is 5.44. The molecule has 0 aliphatic heterocycles. The number of aliphatic hydroxyl groups is 1. The van der Waals surface area contributed by atoms with Gasteiger partial charge in [-0.25, -0.2) is 0 Å². The standard InChI is InChI=1S/C19H18N2O4/c1-24-15-9-7-14(8-10-15)17(22)12-20-19(23)18-11-16(21-25-18)13-5-3-2-4-6-13/h2-11,17,22H,12H2,1H3,(H,20,23). The lowest BCUT2D eigenvalue weighted by molar-refractivity contribution is 0.0880. The van der Waals surface area contributed by atoms with Crippen LogP contribution in [0.3, 0.4) is 0 Å². The predicted octanol–water partition coefficient (Wildman–Crippen LogP) is 2.81. The van der Waals surface area contributed by atoms with Gasteiger partial charge in [-0.15, -0.1) is 0 Å². The normalized spacial score (nSPS) is 11.8. The molecule has 3 aromatic rings. The molecule has 1 aromatic heterocycles. The number of carbonyl (C=O) groups excluding carboxylic acids is 1. The number of nitrogens with one attached hydrogen (secondary N) is 1. The molecule has 1 atom stereocenters. The Morgan fingerprint density at radius 2 is 1.92 bits per heavy atom. The van der Waals surface area contributed by atoms with E-state index in [1.807, 2.05) is 30.3 Å². The predicted molar refractivity (Wildman–Crippen MR) is 92.2 cm³/mol. The van der Waals surface area contributed by atoms with E-state index in [0.29, 0.717) is 17.0 Å².